The molecular weight excluding hydrogens is 368 g/mol. The lowest BCUT2D eigenvalue weighted by Crippen LogP contribution is -2.48. The summed E-state index contributed by atoms with van der Waals surface area (Å²) in [4.78, 5) is 11.9. The molecule has 21 heavy (non-hydrogen) atoms. The predicted octanol–water partition coefficient (Wildman–Crippen LogP) is 4.15. The van der Waals surface area contributed by atoms with Crippen LogP contribution in [0.25, 0.3) is 0 Å². The first kappa shape index (κ1) is 17.8. The average molecular weight is 378 g/mol. The molecule has 0 aliphatic rings. The third-order valence-electron chi connectivity index (χ3n) is 2.61. The standard InChI is InChI=1S/C12H10BrF6NO/c1-20(6-7-2-4-8(13)5-3-7)10(21)9(11(14,15)16)12(17,18)19/h2-5,9H,6H2,1H3. The number of halogens is 7. The summed E-state index contributed by atoms with van der Waals surface area (Å²) < 4.78 is 75.4. The van der Waals surface area contributed by atoms with Crippen molar-refractivity contribution in [2.45, 2.75) is 18.9 Å². The Morgan fingerprint density at radius 1 is 1.10 bits per heavy atom. The maximum atomic E-state index is 12.4. The number of hydrogen-bond acceptors (Lipinski definition) is 1. The fourth-order valence-corrected chi connectivity index (χ4v) is 1.89. The molecule has 0 aromatic heterocycles. The predicted molar refractivity (Wildman–Crippen MR) is 66.2 cm³/mol. The molecule has 1 aromatic carbocycles. The SMILES string of the molecule is CN(Cc1ccc(Br)cc1)C(=O)C(C(F)(F)F)C(F)(F)F. The number of hydrogen-bond donors (Lipinski definition) is 0. The summed E-state index contributed by atoms with van der Waals surface area (Å²) in [5.41, 5.74) is 0.414. The van der Waals surface area contributed by atoms with Gasteiger partial charge in [-0.1, -0.05) is 28.1 Å². The number of alkyl halides is 6. The summed E-state index contributed by atoms with van der Waals surface area (Å²) in [6.07, 6.45) is -11.4. The fourth-order valence-electron chi connectivity index (χ4n) is 1.63. The van der Waals surface area contributed by atoms with E-state index in [1.54, 1.807) is 12.1 Å². The van der Waals surface area contributed by atoms with Gasteiger partial charge < -0.3 is 4.90 Å². The van der Waals surface area contributed by atoms with Crippen LogP contribution in [0.2, 0.25) is 0 Å². The first-order valence-electron chi connectivity index (χ1n) is 5.55. The fraction of sp³-hybridized carbons (Fsp3) is 0.417. The lowest BCUT2D eigenvalue weighted by molar-refractivity contribution is -0.277. The van der Waals surface area contributed by atoms with Crippen LogP contribution >= 0.6 is 15.9 Å². The summed E-state index contributed by atoms with van der Waals surface area (Å²) in [5.74, 6) is -6.04. The Kier molecular flexibility index (Phi) is 5.30. The number of carbonyl (C=O) groups excluding carboxylic acids is 1. The molecule has 0 radical (unpaired) electrons. The van der Waals surface area contributed by atoms with Gasteiger partial charge in [0.25, 0.3) is 0 Å². The van der Waals surface area contributed by atoms with E-state index in [0.29, 0.717) is 14.9 Å². The van der Waals surface area contributed by atoms with Crippen molar-refractivity contribution in [2.24, 2.45) is 5.92 Å². The maximum absolute atomic E-state index is 12.4. The van der Waals surface area contributed by atoms with Crippen LogP contribution in [-0.4, -0.2) is 30.2 Å². The molecule has 1 amide bonds. The van der Waals surface area contributed by atoms with E-state index < -0.39 is 24.2 Å². The van der Waals surface area contributed by atoms with Crippen LogP contribution in [0.5, 0.6) is 0 Å². The van der Waals surface area contributed by atoms with E-state index in [0.717, 1.165) is 7.05 Å². The second kappa shape index (κ2) is 6.25. The third kappa shape index (κ3) is 4.90. The quantitative estimate of drug-likeness (QED) is 0.724. The van der Waals surface area contributed by atoms with E-state index in [1.165, 1.54) is 12.1 Å². The van der Waals surface area contributed by atoms with Crippen molar-refractivity contribution in [3.05, 3.63) is 34.3 Å². The molecule has 1 aromatic rings. The van der Waals surface area contributed by atoms with Crippen molar-refractivity contribution in [3.8, 4) is 0 Å². The minimum Gasteiger partial charge on any atom is -0.341 e. The smallest absolute Gasteiger partial charge is 0.341 e. The highest BCUT2D eigenvalue weighted by Gasteiger charge is 2.61. The van der Waals surface area contributed by atoms with Gasteiger partial charge in [0, 0.05) is 18.1 Å². The molecule has 0 atom stereocenters. The Balaban J connectivity index is 2.91. The van der Waals surface area contributed by atoms with E-state index in [1.807, 2.05) is 0 Å². The van der Waals surface area contributed by atoms with Gasteiger partial charge in [0.2, 0.25) is 11.8 Å². The number of nitrogens with zero attached hydrogens (tertiary/aromatic N) is 1. The van der Waals surface area contributed by atoms with E-state index in [2.05, 4.69) is 15.9 Å². The molecule has 1 rings (SSSR count). The highest BCUT2D eigenvalue weighted by atomic mass is 79.9. The topological polar surface area (TPSA) is 20.3 Å². The van der Waals surface area contributed by atoms with Crippen molar-refractivity contribution < 1.29 is 31.1 Å². The van der Waals surface area contributed by atoms with Crippen LogP contribution in [-0.2, 0) is 11.3 Å². The Labute approximate surface area is 124 Å². The van der Waals surface area contributed by atoms with Crippen molar-refractivity contribution in [1.82, 2.24) is 4.90 Å². The molecule has 0 heterocycles. The molecule has 0 spiro atoms. The number of carbonyl (C=O) groups is 1. The van der Waals surface area contributed by atoms with Crippen LogP contribution in [0.15, 0.2) is 28.7 Å². The largest absolute Gasteiger partial charge is 0.409 e. The van der Waals surface area contributed by atoms with Gasteiger partial charge in [-0.15, -0.1) is 0 Å². The molecule has 118 valence electrons. The molecule has 0 saturated heterocycles. The van der Waals surface area contributed by atoms with Crippen LogP contribution in [0, 0.1) is 5.92 Å². The van der Waals surface area contributed by atoms with Crippen molar-refractivity contribution in [1.29, 1.82) is 0 Å². The second-order valence-corrected chi connectivity index (χ2v) is 5.25. The molecule has 0 fully saturated rings. The van der Waals surface area contributed by atoms with Gasteiger partial charge in [-0.2, -0.15) is 26.3 Å². The van der Waals surface area contributed by atoms with Gasteiger partial charge in [-0.3, -0.25) is 4.79 Å². The van der Waals surface area contributed by atoms with Crippen LogP contribution in [0.1, 0.15) is 5.56 Å². The highest BCUT2D eigenvalue weighted by Crippen LogP contribution is 2.40. The number of benzene rings is 1. The van der Waals surface area contributed by atoms with Crippen molar-refractivity contribution in [3.63, 3.8) is 0 Å². The summed E-state index contributed by atoms with van der Waals surface area (Å²) in [6.45, 7) is -0.352. The molecular formula is C12H10BrF6NO. The van der Waals surface area contributed by atoms with Gasteiger partial charge in [0.15, 0.2) is 0 Å². The van der Waals surface area contributed by atoms with Crippen molar-refractivity contribution >= 4 is 21.8 Å². The zero-order valence-electron chi connectivity index (χ0n) is 10.6. The minimum atomic E-state index is -5.68. The van der Waals surface area contributed by atoms with Crippen LogP contribution in [0.4, 0.5) is 26.3 Å². The van der Waals surface area contributed by atoms with E-state index in [4.69, 9.17) is 0 Å². The summed E-state index contributed by atoms with van der Waals surface area (Å²) >= 11 is 3.14. The van der Waals surface area contributed by atoms with Gasteiger partial charge >= 0.3 is 12.4 Å². The first-order chi connectivity index (χ1) is 9.43. The first-order valence-corrected chi connectivity index (χ1v) is 6.35. The normalized spacial score (nSPS) is 12.6. The maximum Gasteiger partial charge on any atom is 0.409 e. The van der Waals surface area contributed by atoms with Crippen LogP contribution in [0.3, 0.4) is 0 Å². The average Bonchev–Trinajstić information content (AvgIpc) is 2.28. The van der Waals surface area contributed by atoms with Gasteiger partial charge in [0.05, 0.1) is 0 Å². The Morgan fingerprint density at radius 3 is 1.90 bits per heavy atom. The van der Waals surface area contributed by atoms with Crippen LogP contribution < -0.4 is 0 Å². The summed E-state index contributed by atoms with van der Waals surface area (Å²) in [6, 6.07) is 6.12. The van der Waals surface area contributed by atoms with Crippen molar-refractivity contribution in [2.75, 3.05) is 7.05 Å². The molecule has 0 aliphatic carbocycles. The lowest BCUT2D eigenvalue weighted by atomic mass is 10.1. The number of rotatable bonds is 3. The highest BCUT2D eigenvalue weighted by molar-refractivity contribution is 9.10. The lowest BCUT2D eigenvalue weighted by Gasteiger charge is -2.27. The third-order valence-corrected chi connectivity index (χ3v) is 3.14. The molecule has 0 unspecified atom stereocenters. The summed E-state index contributed by atoms with van der Waals surface area (Å²) in [5, 5.41) is 0. The van der Waals surface area contributed by atoms with E-state index in [-0.39, 0.29) is 6.54 Å². The van der Waals surface area contributed by atoms with E-state index in [9.17, 15) is 31.1 Å². The molecule has 9 heteroatoms. The zero-order valence-corrected chi connectivity index (χ0v) is 12.2. The molecule has 0 bridgehead atoms. The van der Waals surface area contributed by atoms with Gasteiger partial charge in [-0.05, 0) is 17.7 Å². The molecule has 2 nitrogen and oxygen atoms in total. The monoisotopic (exact) mass is 377 g/mol. The zero-order chi connectivity index (χ0) is 16.4. The Hall–Kier alpha value is -1.25. The Morgan fingerprint density at radius 2 is 1.52 bits per heavy atom. The molecule has 0 aliphatic heterocycles. The summed E-state index contributed by atoms with van der Waals surface area (Å²) in [7, 11) is 0.898. The number of amides is 1. The molecule has 0 saturated carbocycles. The molecule has 0 N–H and O–H groups in total. The minimum absolute atomic E-state index is 0.352. The van der Waals surface area contributed by atoms with Gasteiger partial charge in [0.1, 0.15) is 0 Å². The second-order valence-electron chi connectivity index (χ2n) is 4.34. The Bertz CT molecular complexity index is 482. The van der Waals surface area contributed by atoms with Gasteiger partial charge in [-0.25, -0.2) is 0 Å². The van der Waals surface area contributed by atoms with E-state index >= 15 is 0 Å².